The Morgan fingerprint density at radius 1 is 0.920 bits per heavy atom. The number of urea groups is 1. The average Bonchev–Trinajstić information content (AvgIpc) is 3.55. The quantitative estimate of drug-likeness (QED) is 0.189. The van der Waals surface area contributed by atoms with Gasteiger partial charge in [0.2, 0.25) is 0 Å². The van der Waals surface area contributed by atoms with Gasteiger partial charge in [-0.1, -0.05) is 17.3 Å². The first-order chi connectivity index (χ1) is 24.3. The van der Waals surface area contributed by atoms with E-state index in [0.29, 0.717) is 31.3 Å². The van der Waals surface area contributed by atoms with E-state index in [2.05, 4.69) is 74.0 Å². The first kappa shape index (κ1) is 35.5. The highest BCUT2D eigenvalue weighted by molar-refractivity contribution is 5.90. The van der Waals surface area contributed by atoms with Crippen LogP contribution >= 0.6 is 0 Å². The molecule has 2 aliphatic rings. The number of aromatic nitrogens is 5. The number of benzene rings is 2. The van der Waals surface area contributed by atoms with Crippen LogP contribution in [0.1, 0.15) is 30.9 Å². The topological polar surface area (TPSA) is 129 Å². The van der Waals surface area contributed by atoms with Crippen LogP contribution in [0.2, 0.25) is 0 Å². The number of hydrogen-bond donors (Lipinski definition) is 2. The Bertz CT molecular complexity index is 1660. The molecule has 6 rings (SSSR count). The molecule has 0 aliphatic carbocycles. The molecule has 2 aromatic carbocycles. The van der Waals surface area contributed by atoms with Crippen molar-refractivity contribution in [3.63, 3.8) is 0 Å². The molecule has 4 heterocycles. The Balaban J connectivity index is 1.13. The van der Waals surface area contributed by atoms with E-state index in [9.17, 15) is 4.79 Å². The second kappa shape index (κ2) is 17.0. The maximum Gasteiger partial charge on any atom is 0.319 e. The number of carbonyl (C=O) groups is 1. The van der Waals surface area contributed by atoms with Crippen molar-refractivity contribution >= 4 is 28.7 Å². The zero-order valence-corrected chi connectivity index (χ0v) is 29.8. The third kappa shape index (κ3) is 9.44. The molecular formula is C36H51N11O3. The Kier molecular flexibility index (Phi) is 12.1. The summed E-state index contributed by atoms with van der Waals surface area (Å²) in [5, 5.41) is 15.1. The van der Waals surface area contributed by atoms with Crippen LogP contribution < -0.4 is 20.3 Å². The van der Waals surface area contributed by atoms with E-state index in [0.717, 1.165) is 100.0 Å². The monoisotopic (exact) mass is 685 g/mol. The molecule has 14 heteroatoms. The number of piperidine rings is 1. The maximum atomic E-state index is 12.3. The second-order valence-electron chi connectivity index (χ2n) is 13.6. The summed E-state index contributed by atoms with van der Waals surface area (Å²) in [5.41, 5.74) is 4.30. The number of rotatable bonds is 14. The molecule has 0 bridgehead atoms. The molecule has 0 unspecified atom stereocenters. The smallest absolute Gasteiger partial charge is 0.319 e. The van der Waals surface area contributed by atoms with Gasteiger partial charge in [-0.2, -0.15) is 0 Å². The van der Waals surface area contributed by atoms with E-state index in [-0.39, 0.29) is 12.1 Å². The number of fused-ring (bicyclic) bond motifs is 1. The Hall–Kier alpha value is -4.37. The Morgan fingerprint density at radius 3 is 2.34 bits per heavy atom. The summed E-state index contributed by atoms with van der Waals surface area (Å²) >= 11 is 0. The van der Waals surface area contributed by atoms with Crippen molar-refractivity contribution in [2.75, 3.05) is 104 Å². The largest absolute Gasteiger partial charge is 0.494 e. The highest BCUT2D eigenvalue weighted by Gasteiger charge is 2.27. The molecule has 2 aromatic heterocycles. The first-order valence-corrected chi connectivity index (χ1v) is 17.7. The van der Waals surface area contributed by atoms with Crippen molar-refractivity contribution in [2.45, 2.75) is 31.8 Å². The fourth-order valence-corrected chi connectivity index (χ4v) is 6.30. The lowest BCUT2D eigenvalue weighted by atomic mass is 10.0. The minimum Gasteiger partial charge on any atom is -0.494 e. The molecule has 2 N–H and O–H groups in total. The van der Waals surface area contributed by atoms with E-state index < -0.39 is 0 Å². The fourth-order valence-electron chi connectivity index (χ4n) is 6.30. The van der Waals surface area contributed by atoms with Gasteiger partial charge in [-0.15, -0.1) is 5.10 Å². The summed E-state index contributed by atoms with van der Waals surface area (Å²) in [5.74, 6) is 2.31. The number of anilines is 2. The molecular weight excluding hydrogens is 634 g/mol. The molecule has 2 saturated heterocycles. The van der Waals surface area contributed by atoms with Gasteiger partial charge < -0.3 is 34.8 Å². The molecule has 14 nitrogen and oxygen atoms in total. The zero-order chi connectivity index (χ0) is 34.9. The normalized spacial score (nSPS) is 16.0. The summed E-state index contributed by atoms with van der Waals surface area (Å²) in [6.07, 6.45) is 2.92. The predicted molar refractivity (Wildman–Crippen MR) is 196 cm³/mol. The number of nitrogens with zero attached hydrogens (tertiary/aromatic N) is 9. The third-order valence-corrected chi connectivity index (χ3v) is 9.11. The summed E-state index contributed by atoms with van der Waals surface area (Å²) < 4.78 is 13.6. The number of carbonyl (C=O) groups excluding carboxylic acids is 1. The van der Waals surface area contributed by atoms with Gasteiger partial charge in [-0.05, 0) is 89.4 Å². The lowest BCUT2D eigenvalue weighted by Crippen LogP contribution is -2.37. The lowest BCUT2D eigenvalue weighted by Gasteiger charge is -2.32. The summed E-state index contributed by atoms with van der Waals surface area (Å²) in [6.45, 7) is 8.63. The van der Waals surface area contributed by atoms with Gasteiger partial charge in [0.05, 0.1) is 25.9 Å². The molecule has 2 aliphatic heterocycles. The SMILES string of the molecule is CN(C)CCCOc1ccc(CN2CCC(n3nnc4c(N5CCOCC5)nc(-c5ccc(NC(=O)NCCN(C)C)cc5)nc43)CC2)cc1. The molecule has 0 atom stereocenters. The number of ether oxygens (including phenoxy) is 2. The van der Waals surface area contributed by atoms with Gasteiger partial charge in [-0.25, -0.2) is 19.4 Å². The molecule has 50 heavy (non-hydrogen) atoms. The molecule has 0 saturated carbocycles. The highest BCUT2D eigenvalue weighted by atomic mass is 16.5. The average molecular weight is 686 g/mol. The number of hydrogen-bond acceptors (Lipinski definition) is 11. The number of morpholine rings is 1. The molecule has 4 aromatic rings. The van der Waals surface area contributed by atoms with E-state index in [1.54, 1.807) is 0 Å². The van der Waals surface area contributed by atoms with Crippen LogP contribution in [0.5, 0.6) is 5.75 Å². The van der Waals surface area contributed by atoms with E-state index >= 15 is 0 Å². The van der Waals surface area contributed by atoms with Crippen molar-refractivity contribution in [3.8, 4) is 17.1 Å². The number of likely N-dealkylation sites (tertiary alicyclic amines) is 1. The molecule has 0 radical (unpaired) electrons. The van der Waals surface area contributed by atoms with Gasteiger partial charge in [0, 0.05) is 63.6 Å². The highest BCUT2D eigenvalue weighted by Crippen LogP contribution is 2.31. The van der Waals surface area contributed by atoms with Crippen LogP contribution in [-0.2, 0) is 11.3 Å². The molecule has 0 spiro atoms. The number of likely N-dealkylation sites (N-methyl/N-ethyl adjacent to an activating group) is 1. The Morgan fingerprint density at radius 2 is 1.64 bits per heavy atom. The lowest BCUT2D eigenvalue weighted by molar-refractivity contribution is 0.122. The molecule has 2 fully saturated rings. The van der Waals surface area contributed by atoms with Crippen LogP contribution in [0.25, 0.3) is 22.6 Å². The number of nitrogens with one attached hydrogen (secondary N) is 2. The van der Waals surface area contributed by atoms with Gasteiger partial charge in [0.25, 0.3) is 0 Å². The fraction of sp³-hybridized carbons (Fsp3) is 0.528. The molecule has 268 valence electrons. The van der Waals surface area contributed by atoms with Gasteiger partial charge in [0.1, 0.15) is 5.75 Å². The van der Waals surface area contributed by atoms with Crippen LogP contribution in [0.15, 0.2) is 48.5 Å². The van der Waals surface area contributed by atoms with Gasteiger partial charge in [-0.3, -0.25) is 4.90 Å². The van der Waals surface area contributed by atoms with E-state index in [1.807, 2.05) is 47.9 Å². The van der Waals surface area contributed by atoms with Crippen molar-refractivity contribution in [1.82, 2.24) is 45.0 Å². The van der Waals surface area contributed by atoms with Crippen molar-refractivity contribution in [2.24, 2.45) is 0 Å². The Labute approximate surface area is 294 Å². The maximum absolute atomic E-state index is 12.3. The number of amides is 2. The standard InChI is InChI=1S/C36H51N11O3/c1-43(2)17-5-23-50-31-12-6-27(7-13-31)26-45-18-14-30(15-19-45)47-35-32(41-42-47)34(46-21-24-49-25-22-46)39-33(40-35)28-8-10-29(11-9-28)38-36(48)37-16-20-44(3)4/h6-13,30H,5,14-26H2,1-4H3,(H2,37,38,48). The predicted octanol–water partition coefficient (Wildman–Crippen LogP) is 3.58. The first-order valence-electron chi connectivity index (χ1n) is 17.7. The summed E-state index contributed by atoms with van der Waals surface area (Å²) in [6, 6.07) is 16.1. The van der Waals surface area contributed by atoms with Crippen molar-refractivity contribution in [1.29, 1.82) is 0 Å². The van der Waals surface area contributed by atoms with Crippen molar-refractivity contribution < 1.29 is 14.3 Å². The van der Waals surface area contributed by atoms with Gasteiger partial charge in [0.15, 0.2) is 22.8 Å². The second-order valence-corrected chi connectivity index (χ2v) is 13.6. The van der Waals surface area contributed by atoms with Crippen LogP contribution in [0.4, 0.5) is 16.3 Å². The van der Waals surface area contributed by atoms with Crippen LogP contribution in [0, 0.1) is 0 Å². The summed E-state index contributed by atoms with van der Waals surface area (Å²) in [4.78, 5) is 31.3. The van der Waals surface area contributed by atoms with Crippen molar-refractivity contribution in [3.05, 3.63) is 54.1 Å². The third-order valence-electron chi connectivity index (χ3n) is 9.11. The zero-order valence-electron chi connectivity index (χ0n) is 29.8. The van der Waals surface area contributed by atoms with E-state index in [1.165, 1.54) is 5.56 Å². The molecule has 2 amide bonds. The van der Waals surface area contributed by atoms with E-state index in [4.69, 9.17) is 19.4 Å². The van der Waals surface area contributed by atoms with Gasteiger partial charge >= 0.3 is 6.03 Å². The van der Waals surface area contributed by atoms with Crippen LogP contribution in [0.3, 0.4) is 0 Å². The van der Waals surface area contributed by atoms with Crippen LogP contribution in [-0.4, -0.2) is 140 Å². The minimum atomic E-state index is -0.234. The minimum absolute atomic E-state index is 0.187. The summed E-state index contributed by atoms with van der Waals surface area (Å²) in [7, 11) is 8.11.